The molecule has 4 heteroatoms. The Bertz CT molecular complexity index is 410. The number of hydrogen-bond donors (Lipinski definition) is 0. The van der Waals surface area contributed by atoms with Crippen LogP contribution in [0.15, 0.2) is 28.7 Å². The van der Waals surface area contributed by atoms with Crippen molar-refractivity contribution in [2.45, 2.75) is 25.8 Å². The fraction of sp³-hybridized carbons (Fsp3) is 0.500. The van der Waals surface area contributed by atoms with Gasteiger partial charge in [0.2, 0.25) is 5.91 Å². The molecule has 1 aliphatic heterocycles. The standard InChI is InChI=1S/C14H19BrN2O/c1-11(18)17-9-7-14(8-10-17)16(2)13-5-3-12(15)4-6-13/h3-6,14H,7-10H2,1-2H3. The van der Waals surface area contributed by atoms with Gasteiger partial charge in [-0.15, -0.1) is 0 Å². The second-order valence-electron chi connectivity index (χ2n) is 4.82. The zero-order chi connectivity index (χ0) is 13.1. The molecule has 0 saturated carbocycles. The van der Waals surface area contributed by atoms with Crippen LogP contribution in [0, 0.1) is 0 Å². The van der Waals surface area contributed by atoms with Gasteiger partial charge < -0.3 is 9.80 Å². The lowest BCUT2D eigenvalue weighted by Crippen LogP contribution is -2.45. The van der Waals surface area contributed by atoms with Gasteiger partial charge >= 0.3 is 0 Å². The second-order valence-corrected chi connectivity index (χ2v) is 5.74. The fourth-order valence-electron chi connectivity index (χ4n) is 2.46. The lowest BCUT2D eigenvalue weighted by Gasteiger charge is -2.37. The molecular formula is C14H19BrN2O. The molecular weight excluding hydrogens is 292 g/mol. The molecule has 0 N–H and O–H groups in total. The van der Waals surface area contributed by atoms with E-state index in [2.05, 4.69) is 52.1 Å². The molecule has 1 aromatic carbocycles. The summed E-state index contributed by atoms with van der Waals surface area (Å²) in [4.78, 5) is 15.5. The molecule has 1 amide bonds. The Labute approximate surface area is 117 Å². The summed E-state index contributed by atoms with van der Waals surface area (Å²) in [6.45, 7) is 3.40. The van der Waals surface area contributed by atoms with E-state index in [1.54, 1.807) is 6.92 Å². The maximum Gasteiger partial charge on any atom is 0.219 e. The van der Waals surface area contributed by atoms with E-state index < -0.39 is 0 Å². The molecule has 1 aliphatic rings. The predicted octanol–water partition coefficient (Wildman–Crippen LogP) is 2.90. The van der Waals surface area contributed by atoms with Crippen molar-refractivity contribution in [1.82, 2.24) is 4.90 Å². The van der Waals surface area contributed by atoms with E-state index in [1.807, 2.05) is 4.90 Å². The number of nitrogens with zero attached hydrogens (tertiary/aromatic N) is 2. The molecule has 0 bridgehead atoms. The highest BCUT2D eigenvalue weighted by atomic mass is 79.9. The first-order valence-corrected chi connectivity index (χ1v) is 7.11. The largest absolute Gasteiger partial charge is 0.371 e. The van der Waals surface area contributed by atoms with E-state index in [9.17, 15) is 4.79 Å². The normalized spacial score (nSPS) is 16.7. The van der Waals surface area contributed by atoms with E-state index in [1.165, 1.54) is 5.69 Å². The Hall–Kier alpha value is -1.03. The topological polar surface area (TPSA) is 23.6 Å². The number of benzene rings is 1. The van der Waals surface area contributed by atoms with Crippen LogP contribution in [0.3, 0.4) is 0 Å². The summed E-state index contributed by atoms with van der Waals surface area (Å²) in [6.07, 6.45) is 2.10. The molecule has 0 spiro atoms. The smallest absolute Gasteiger partial charge is 0.219 e. The maximum absolute atomic E-state index is 11.3. The Balaban J connectivity index is 1.97. The number of piperidine rings is 1. The molecule has 1 fully saturated rings. The molecule has 2 rings (SSSR count). The summed E-state index contributed by atoms with van der Waals surface area (Å²) < 4.78 is 1.10. The van der Waals surface area contributed by atoms with Crippen LogP contribution < -0.4 is 4.90 Å². The summed E-state index contributed by atoms with van der Waals surface area (Å²) in [7, 11) is 2.14. The fourth-order valence-corrected chi connectivity index (χ4v) is 2.72. The van der Waals surface area contributed by atoms with E-state index in [-0.39, 0.29) is 5.91 Å². The van der Waals surface area contributed by atoms with Crippen LogP contribution >= 0.6 is 15.9 Å². The van der Waals surface area contributed by atoms with Gasteiger partial charge in [0.05, 0.1) is 0 Å². The molecule has 1 heterocycles. The van der Waals surface area contributed by atoms with E-state index >= 15 is 0 Å². The average molecular weight is 311 g/mol. The number of rotatable bonds is 2. The number of carbonyl (C=O) groups excluding carboxylic acids is 1. The van der Waals surface area contributed by atoms with Crippen molar-refractivity contribution in [2.75, 3.05) is 25.0 Å². The number of carbonyl (C=O) groups is 1. The molecule has 1 saturated heterocycles. The maximum atomic E-state index is 11.3. The predicted molar refractivity (Wildman–Crippen MR) is 77.8 cm³/mol. The number of amides is 1. The summed E-state index contributed by atoms with van der Waals surface area (Å²) in [5.74, 6) is 0.194. The Morgan fingerprint density at radius 2 is 1.83 bits per heavy atom. The minimum Gasteiger partial charge on any atom is -0.371 e. The quantitative estimate of drug-likeness (QED) is 0.838. The second kappa shape index (κ2) is 5.74. The van der Waals surface area contributed by atoms with Crippen molar-refractivity contribution >= 4 is 27.5 Å². The molecule has 0 atom stereocenters. The third-order valence-corrected chi connectivity index (χ3v) is 4.22. The first-order chi connectivity index (χ1) is 8.58. The zero-order valence-corrected chi connectivity index (χ0v) is 12.5. The van der Waals surface area contributed by atoms with Gasteiger partial charge in [-0.25, -0.2) is 0 Å². The highest BCUT2D eigenvalue weighted by molar-refractivity contribution is 9.10. The van der Waals surface area contributed by atoms with Gasteiger partial charge in [0, 0.05) is 43.3 Å². The zero-order valence-electron chi connectivity index (χ0n) is 10.9. The Morgan fingerprint density at radius 3 is 2.33 bits per heavy atom. The SMILES string of the molecule is CC(=O)N1CCC(N(C)c2ccc(Br)cc2)CC1. The van der Waals surface area contributed by atoms with Crippen LogP contribution in [-0.2, 0) is 4.79 Å². The van der Waals surface area contributed by atoms with Crippen molar-refractivity contribution in [1.29, 1.82) is 0 Å². The lowest BCUT2D eigenvalue weighted by molar-refractivity contribution is -0.129. The summed E-state index contributed by atoms with van der Waals surface area (Å²) in [5, 5.41) is 0. The summed E-state index contributed by atoms with van der Waals surface area (Å²) >= 11 is 3.45. The third kappa shape index (κ3) is 3.05. The number of anilines is 1. The molecule has 0 unspecified atom stereocenters. The van der Waals surface area contributed by atoms with Gasteiger partial charge in [-0.2, -0.15) is 0 Å². The third-order valence-electron chi connectivity index (χ3n) is 3.69. The van der Waals surface area contributed by atoms with E-state index in [4.69, 9.17) is 0 Å². The number of halogens is 1. The van der Waals surface area contributed by atoms with Crippen LogP contribution in [-0.4, -0.2) is 37.0 Å². The molecule has 18 heavy (non-hydrogen) atoms. The number of likely N-dealkylation sites (tertiary alicyclic amines) is 1. The van der Waals surface area contributed by atoms with Crippen molar-refractivity contribution in [3.63, 3.8) is 0 Å². The first kappa shape index (κ1) is 13.4. The van der Waals surface area contributed by atoms with Gasteiger partial charge in [0.25, 0.3) is 0 Å². The van der Waals surface area contributed by atoms with Crippen LogP contribution in [0.5, 0.6) is 0 Å². The van der Waals surface area contributed by atoms with E-state index in [0.717, 1.165) is 30.4 Å². The van der Waals surface area contributed by atoms with E-state index in [0.29, 0.717) is 6.04 Å². The van der Waals surface area contributed by atoms with Crippen LogP contribution in [0.25, 0.3) is 0 Å². The van der Waals surface area contributed by atoms with Crippen molar-refractivity contribution in [3.8, 4) is 0 Å². The van der Waals surface area contributed by atoms with Crippen molar-refractivity contribution in [2.24, 2.45) is 0 Å². The summed E-state index contributed by atoms with van der Waals surface area (Å²) in [6, 6.07) is 8.91. The minimum absolute atomic E-state index is 0.194. The van der Waals surface area contributed by atoms with Crippen LogP contribution in [0.2, 0.25) is 0 Å². The van der Waals surface area contributed by atoms with Gasteiger partial charge in [-0.1, -0.05) is 15.9 Å². The Morgan fingerprint density at radius 1 is 1.28 bits per heavy atom. The van der Waals surface area contributed by atoms with Gasteiger partial charge in [0.1, 0.15) is 0 Å². The van der Waals surface area contributed by atoms with Gasteiger partial charge in [-0.05, 0) is 37.1 Å². The van der Waals surface area contributed by atoms with Crippen LogP contribution in [0.4, 0.5) is 5.69 Å². The molecule has 3 nitrogen and oxygen atoms in total. The molecule has 98 valence electrons. The highest BCUT2D eigenvalue weighted by Crippen LogP contribution is 2.23. The monoisotopic (exact) mass is 310 g/mol. The molecule has 0 aromatic heterocycles. The van der Waals surface area contributed by atoms with Gasteiger partial charge in [0.15, 0.2) is 0 Å². The molecule has 0 aliphatic carbocycles. The minimum atomic E-state index is 0.194. The lowest BCUT2D eigenvalue weighted by atomic mass is 10.0. The van der Waals surface area contributed by atoms with Crippen molar-refractivity contribution in [3.05, 3.63) is 28.7 Å². The van der Waals surface area contributed by atoms with Crippen molar-refractivity contribution < 1.29 is 4.79 Å². The highest BCUT2D eigenvalue weighted by Gasteiger charge is 2.23. The molecule has 0 radical (unpaired) electrons. The molecule has 1 aromatic rings. The first-order valence-electron chi connectivity index (χ1n) is 6.32. The average Bonchev–Trinajstić information content (AvgIpc) is 2.39. The van der Waals surface area contributed by atoms with Gasteiger partial charge in [-0.3, -0.25) is 4.79 Å². The summed E-state index contributed by atoms with van der Waals surface area (Å²) in [5.41, 5.74) is 1.24. The Kier molecular flexibility index (Phi) is 4.27. The van der Waals surface area contributed by atoms with Crippen LogP contribution in [0.1, 0.15) is 19.8 Å². The number of hydrogen-bond acceptors (Lipinski definition) is 2.